The van der Waals surface area contributed by atoms with Crippen molar-refractivity contribution in [2.45, 2.75) is 38.2 Å². The van der Waals surface area contributed by atoms with Gasteiger partial charge in [-0.25, -0.2) is 0 Å². The third-order valence-electron chi connectivity index (χ3n) is 3.66. The molecule has 0 spiro atoms. The van der Waals surface area contributed by atoms with Crippen molar-refractivity contribution in [2.75, 3.05) is 19.8 Å². The number of carbonyl (C=O) groups is 1. The molecule has 4 heteroatoms. The van der Waals surface area contributed by atoms with Crippen molar-refractivity contribution in [1.82, 2.24) is 0 Å². The van der Waals surface area contributed by atoms with Crippen LogP contribution in [0.15, 0.2) is 0 Å². The van der Waals surface area contributed by atoms with Crippen molar-refractivity contribution in [1.29, 1.82) is 0 Å². The average molecular weight is 228 g/mol. The summed E-state index contributed by atoms with van der Waals surface area (Å²) in [6.45, 7) is 2.35. The molecule has 1 aliphatic heterocycles. The second kappa shape index (κ2) is 5.64. The maximum atomic E-state index is 11.0. The Morgan fingerprint density at radius 2 is 2.00 bits per heavy atom. The summed E-state index contributed by atoms with van der Waals surface area (Å²) in [5, 5.41) is 9.02. The first-order valence-corrected chi connectivity index (χ1v) is 6.19. The Kier molecular flexibility index (Phi) is 4.18. The van der Waals surface area contributed by atoms with E-state index in [9.17, 15) is 4.79 Å². The van der Waals surface area contributed by atoms with Crippen LogP contribution in [0.3, 0.4) is 0 Å². The van der Waals surface area contributed by atoms with E-state index in [4.69, 9.17) is 14.6 Å². The second-order valence-corrected chi connectivity index (χ2v) is 4.80. The molecule has 2 rings (SSSR count). The predicted octanol–water partition coefficient (Wildman–Crippen LogP) is 1.68. The lowest BCUT2D eigenvalue weighted by Crippen LogP contribution is -2.29. The molecule has 1 N–H and O–H groups in total. The minimum absolute atomic E-state index is 0.0552. The first kappa shape index (κ1) is 11.9. The Morgan fingerprint density at radius 1 is 1.25 bits per heavy atom. The molecule has 2 unspecified atom stereocenters. The average Bonchev–Trinajstić information content (AvgIpc) is 2.76. The quantitative estimate of drug-likeness (QED) is 0.795. The van der Waals surface area contributed by atoms with E-state index < -0.39 is 5.97 Å². The highest BCUT2D eigenvalue weighted by molar-refractivity contribution is 5.71. The van der Waals surface area contributed by atoms with Gasteiger partial charge in [-0.2, -0.15) is 0 Å². The monoisotopic (exact) mass is 228 g/mol. The van der Waals surface area contributed by atoms with E-state index in [-0.39, 0.29) is 12.0 Å². The molecule has 1 heterocycles. The summed E-state index contributed by atoms with van der Waals surface area (Å²) in [5.41, 5.74) is 0. The molecule has 0 bridgehead atoms. The number of hydrogen-bond acceptors (Lipinski definition) is 3. The molecule has 0 aromatic carbocycles. The molecule has 2 aliphatic rings. The maximum Gasteiger partial charge on any atom is 0.309 e. The molecule has 0 amide bonds. The normalized spacial score (nSPS) is 31.8. The van der Waals surface area contributed by atoms with Gasteiger partial charge in [0.15, 0.2) is 0 Å². The van der Waals surface area contributed by atoms with E-state index >= 15 is 0 Å². The van der Waals surface area contributed by atoms with Crippen LogP contribution in [0.5, 0.6) is 0 Å². The highest BCUT2D eigenvalue weighted by atomic mass is 16.5. The zero-order chi connectivity index (χ0) is 11.4. The Hall–Kier alpha value is -0.610. The van der Waals surface area contributed by atoms with E-state index in [1.165, 1.54) is 0 Å². The lowest BCUT2D eigenvalue weighted by molar-refractivity contribution is -0.146. The molecule has 0 aromatic rings. The predicted molar refractivity (Wildman–Crippen MR) is 58.3 cm³/mol. The maximum absolute atomic E-state index is 11.0. The van der Waals surface area contributed by atoms with Crippen LogP contribution in [-0.2, 0) is 14.3 Å². The molecule has 2 fully saturated rings. The van der Waals surface area contributed by atoms with Gasteiger partial charge in [-0.3, -0.25) is 4.79 Å². The van der Waals surface area contributed by atoms with Crippen LogP contribution in [0.2, 0.25) is 0 Å². The molecular weight excluding hydrogens is 208 g/mol. The van der Waals surface area contributed by atoms with Gasteiger partial charge in [-0.15, -0.1) is 0 Å². The van der Waals surface area contributed by atoms with Gasteiger partial charge >= 0.3 is 5.97 Å². The number of hydrogen-bond donors (Lipinski definition) is 1. The summed E-state index contributed by atoms with van der Waals surface area (Å²) < 4.78 is 11.1. The highest BCUT2D eigenvalue weighted by Gasteiger charge is 2.34. The summed E-state index contributed by atoms with van der Waals surface area (Å²) >= 11 is 0. The topological polar surface area (TPSA) is 55.8 Å². The zero-order valence-electron chi connectivity index (χ0n) is 9.56. The van der Waals surface area contributed by atoms with Crippen LogP contribution in [-0.4, -0.2) is 37.0 Å². The van der Waals surface area contributed by atoms with Crippen LogP contribution in [0, 0.1) is 11.8 Å². The second-order valence-electron chi connectivity index (χ2n) is 4.80. The fourth-order valence-electron chi connectivity index (χ4n) is 2.58. The van der Waals surface area contributed by atoms with Crippen LogP contribution in [0.25, 0.3) is 0 Å². The lowest BCUT2D eigenvalue weighted by Gasteiger charge is -2.24. The van der Waals surface area contributed by atoms with Crippen molar-refractivity contribution in [3.63, 3.8) is 0 Å². The lowest BCUT2D eigenvalue weighted by atomic mass is 10.0. The van der Waals surface area contributed by atoms with Crippen molar-refractivity contribution >= 4 is 5.97 Å². The molecule has 2 atom stereocenters. The van der Waals surface area contributed by atoms with E-state index in [2.05, 4.69) is 0 Å². The molecule has 4 nitrogen and oxygen atoms in total. The van der Waals surface area contributed by atoms with Crippen LogP contribution >= 0.6 is 0 Å². The van der Waals surface area contributed by atoms with Crippen molar-refractivity contribution in [3.05, 3.63) is 0 Å². The summed E-state index contributed by atoms with van der Waals surface area (Å²) in [5.74, 6) is -0.418. The SMILES string of the molecule is O=C(O)C1CCCC1OCC1CCOCC1. The molecular formula is C12H20O4. The largest absolute Gasteiger partial charge is 0.481 e. The fourth-order valence-corrected chi connectivity index (χ4v) is 2.58. The molecule has 1 aliphatic carbocycles. The first-order valence-electron chi connectivity index (χ1n) is 6.19. The number of ether oxygens (including phenoxy) is 2. The van der Waals surface area contributed by atoms with E-state index in [0.29, 0.717) is 12.5 Å². The number of carboxylic acid groups (broad SMARTS) is 1. The summed E-state index contributed by atoms with van der Waals surface area (Å²) in [4.78, 5) is 11.0. The van der Waals surface area contributed by atoms with Crippen LogP contribution < -0.4 is 0 Å². The molecule has 1 saturated carbocycles. The van der Waals surface area contributed by atoms with E-state index in [0.717, 1.165) is 45.3 Å². The smallest absolute Gasteiger partial charge is 0.309 e. The standard InChI is InChI=1S/C12H20O4/c13-12(14)10-2-1-3-11(10)16-8-9-4-6-15-7-5-9/h9-11H,1-8H2,(H,13,14). The number of carboxylic acids is 1. The molecule has 16 heavy (non-hydrogen) atoms. The minimum atomic E-state index is -0.700. The van der Waals surface area contributed by atoms with Gasteiger partial charge in [-0.05, 0) is 38.0 Å². The summed E-state index contributed by atoms with van der Waals surface area (Å²) in [6, 6.07) is 0. The third-order valence-corrected chi connectivity index (χ3v) is 3.66. The van der Waals surface area contributed by atoms with E-state index in [1.807, 2.05) is 0 Å². The van der Waals surface area contributed by atoms with Crippen LogP contribution in [0.1, 0.15) is 32.1 Å². The van der Waals surface area contributed by atoms with E-state index in [1.54, 1.807) is 0 Å². The van der Waals surface area contributed by atoms with Crippen LogP contribution in [0.4, 0.5) is 0 Å². The molecule has 0 radical (unpaired) electrons. The van der Waals surface area contributed by atoms with Gasteiger partial charge < -0.3 is 14.6 Å². The van der Waals surface area contributed by atoms with Gasteiger partial charge in [0, 0.05) is 19.8 Å². The Bertz CT molecular complexity index is 235. The zero-order valence-corrected chi connectivity index (χ0v) is 9.56. The minimum Gasteiger partial charge on any atom is -0.481 e. The Labute approximate surface area is 95.9 Å². The molecule has 92 valence electrons. The van der Waals surface area contributed by atoms with Gasteiger partial charge in [-0.1, -0.05) is 0 Å². The highest BCUT2D eigenvalue weighted by Crippen LogP contribution is 2.29. The fraction of sp³-hybridized carbons (Fsp3) is 0.917. The number of aliphatic carboxylic acids is 1. The Balaban J connectivity index is 1.73. The Morgan fingerprint density at radius 3 is 2.69 bits per heavy atom. The van der Waals surface area contributed by atoms with Gasteiger partial charge in [0.25, 0.3) is 0 Å². The van der Waals surface area contributed by atoms with Crippen molar-refractivity contribution < 1.29 is 19.4 Å². The molecule has 1 saturated heterocycles. The van der Waals surface area contributed by atoms with Gasteiger partial charge in [0.05, 0.1) is 12.0 Å². The third kappa shape index (κ3) is 2.95. The molecule has 0 aromatic heterocycles. The summed E-state index contributed by atoms with van der Waals surface area (Å²) in [6.07, 6.45) is 4.69. The summed E-state index contributed by atoms with van der Waals surface area (Å²) in [7, 11) is 0. The first-order chi connectivity index (χ1) is 7.77. The van der Waals surface area contributed by atoms with Crippen molar-refractivity contribution in [3.8, 4) is 0 Å². The van der Waals surface area contributed by atoms with Gasteiger partial charge in [0.1, 0.15) is 0 Å². The van der Waals surface area contributed by atoms with Crippen molar-refractivity contribution in [2.24, 2.45) is 11.8 Å². The number of rotatable bonds is 4. The van der Waals surface area contributed by atoms with Gasteiger partial charge in [0.2, 0.25) is 0 Å².